The Balaban J connectivity index is 2.59. The van der Waals surface area contributed by atoms with Gasteiger partial charge >= 0.3 is 5.97 Å². The number of rotatable bonds is 5. The van der Waals surface area contributed by atoms with Gasteiger partial charge in [0.25, 0.3) is 0 Å². The molecular formula is C14H14FNO3S. The zero-order valence-corrected chi connectivity index (χ0v) is 12.0. The molecule has 0 aliphatic rings. The zero-order valence-electron chi connectivity index (χ0n) is 11.1. The summed E-state index contributed by atoms with van der Waals surface area (Å²) < 4.78 is 19.1. The van der Waals surface area contributed by atoms with Crippen LogP contribution in [0.1, 0.15) is 28.7 Å². The van der Waals surface area contributed by atoms with Gasteiger partial charge in [-0.2, -0.15) is 0 Å². The normalized spacial score (nSPS) is 10.6. The number of halogens is 1. The third-order valence-electron chi connectivity index (χ3n) is 2.79. The van der Waals surface area contributed by atoms with E-state index in [-0.39, 0.29) is 10.4 Å². The maximum absolute atomic E-state index is 14.0. The molecule has 0 fully saturated rings. The molecule has 106 valence electrons. The lowest BCUT2D eigenvalue weighted by atomic mass is 10.2. The number of aryl methyl sites for hydroxylation is 1. The average molecular weight is 295 g/mol. The lowest BCUT2D eigenvalue weighted by Gasteiger charge is -2.06. The average Bonchev–Trinajstić information content (AvgIpc) is 2.82. The van der Waals surface area contributed by atoms with Gasteiger partial charge in [-0.15, -0.1) is 11.3 Å². The number of ether oxygens (including phenoxy) is 1. The van der Waals surface area contributed by atoms with Gasteiger partial charge in [-0.25, -0.2) is 14.2 Å². The van der Waals surface area contributed by atoms with Crippen LogP contribution in [0.5, 0.6) is 5.75 Å². The molecule has 0 saturated carbocycles. The molecule has 0 unspecified atom stereocenters. The van der Waals surface area contributed by atoms with E-state index in [0.717, 1.165) is 17.8 Å². The van der Waals surface area contributed by atoms with Crippen molar-refractivity contribution in [3.05, 3.63) is 34.6 Å². The molecule has 0 spiro atoms. The van der Waals surface area contributed by atoms with Gasteiger partial charge in [0, 0.05) is 0 Å². The minimum atomic E-state index is -1.03. The molecule has 1 N–H and O–H groups in total. The topological polar surface area (TPSA) is 59.4 Å². The molecule has 0 bridgehead atoms. The summed E-state index contributed by atoms with van der Waals surface area (Å²) in [6.45, 7) is 1.94. The second kappa shape index (κ2) is 6.00. The van der Waals surface area contributed by atoms with E-state index in [2.05, 4.69) is 4.98 Å². The highest BCUT2D eigenvalue weighted by atomic mass is 32.1. The van der Waals surface area contributed by atoms with Gasteiger partial charge in [0.2, 0.25) is 0 Å². The molecule has 20 heavy (non-hydrogen) atoms. The van der Waals surface area contributed by atoms with Crippen molar-refractivity contribution in [2.45, 2.75) is 19.8 Å². The number of aromatic carboxylic acids is 1. The molecule has 1 aromatic carbocycles. The van der Waals surface area contributed by atoms with E-state index in [1.807, 2.05) is 6.92 Å². The van der Waals surface area contributed by atoms with Crippen molar-refractivity contribution in [3.8, 4) is 16.3 Å². The van der Waals surface area contributed by atoms with Crippen LogP contribution in [-0.2, 0) is 6.42 Å². The third-order valence-corrected chi connectivity index (χ3v) is 3.89. The number of carbonyl (C=O) groups is 1. The largest absolute Gasteiger partial charge is 0.496 e. The monoisotopic (exact) mass is 295 g/mol. The Morgan fingerprint density at radius 1 is 1.50 bits per heavy atom. The lowest BCUT2D eigenvalue weighted by Crippen LogP contribution is -1.98. The maximum Gasteiger partial charge on any atom is 0.347 e. The van der Waals surface area contributed by atoms with Gasteiger partial charge in [0.05, 0.1) is 18.4 Å². The van der Waals surface area contributed by atoms with Gasteiger partial charge in [-0.05, 0) is 18.6 Å². The summed E-state index contributed by atoms with van der Waals surface area (Å²) in [7, 11) is 1.44. The standard InChI is InChI=1S/C14H14FNO3S/c1-3-5-9-12(14(17)18)20-13(16-9)11-8(15)6-4-7-10(11)19-2/h4,6-7H,3,5H2,1-2H3,(H,17,18). The molecule has 1 aromatic heterocycles. The number of carboxylic acids is 1. The molecule has 0 radical (unpaired) electrons. The number of hydrogen-bond acceptors (Lipinski definition) is 4. The molecule has 0 aliphatic heterocycles. The first kappa shape index (κ1) is 14.5. The van der Waals surface area contributed by atoms with Gasteiger partial charge in [-0.1, -0.05) is 19.4 Å². The fraction of sp³-hybridized carbons (Fsp3) is 0.286. The molecule has 4 nitrogen and oxygen atoms in total. The number of carboxylic acid groups (broad SMARTS) is 1. The van der Waals surface area contributed by atoms with E-state index < -0.39 is 11.8 Å². The quantitative estimate of drug-likeness (QED) is 0.915. The molecule has 2 aromatic rings. The molecule has 0 aliphatic carbocycles. The van der Waals surface area contributed by atoms with Crippen LogP contribution in [0, 0.1) is 5.82 Å². The smallest absolute Gasteiger partial charge is 0.347 e. The highest BCUT2D eigenvalue weighted by Crippen LogP contribution is 2.36. The summed E-state index contributed by atoms with van der Waals surface area (Å²) in [4.78, 5) is 15.7. The van der Waals surface area contributed by atoms with Gasteiger partial charge in [-0.3, -0.25) is 0 Å². The van der Waals surface area contributed by atoms with Crippen LogP contribution >= 0.6 is 11.3 Å². The second-order valence-corrected chi connectivity index (χ2v) is 5.17. The van der Waals surface area contributed by atoms with Crippen LogP contribution in [0.2, 0.25) is 0 Å². The van der Waals surface area contributed by atoms with E-state index in [4.69, 9.17) is 4.74 Å². The van der Waals surface area contributed by atoms with E-state index >= 15 is 0 Å². The number of hydrogen-bond donors (Lipinski definition) is 1. The van der Waals surface area contributed by atoms with Crippen LogP contribution in [0.3, 0.4) is 0 Å². The Hall–Kier alpha value is -1.95. The summed E-state index contributed by atoms with van der Waals surface area (Å²) in [6.07, 6.45) is 1.33. The molecule has 6 heteroatoms. The van der Waals surface area contributed by atoms with Crippen molar-refractivity contribution < 1.29 is 19.0 Å². The fourth-order valence-corrected chi connectivity index (χ4v) is 2.92. The highest BCUT2D eigenvalue weighted by Gasteiger charge is 2.21. The summed E-state index contributed by atoms with van der Waals surface area (Å²) in [6, 6.07) is 4.47. The number of aromatic nitrogens is 1. The van der Waals surface area contributed by atoms with E-state index in [9.17, 15) is 14.3 Å². The Morgan fingerprint density at radius 3 is 2.85 bits per heavy atom. The first-order valence-corrected chi connectivity index (χ1v) is 6.96. The summed E-state index contributed by atoms with van der Waals surface area (Å²) in [5.41, 5.74) is 0.704. The fourth-order valence-electron chi connectivity index (χ4n) is 1.91. The number of methoxy groups -OCH3 is 1. The third kappa shape index (κ3) is 2.65. The zero-order chi connectivity index (χ0) is 14.7. The van der Waals surface area contributed by atoms with Crippen molar-refractivity contribution in [1.29, 1.82) is 0 Å². The maximum atomic E-state index is 14.0. The molecule has 0 saturated heterocycles. The predicted molar refractivity (Wildman–Crippen MR) is 75.0 cm³/mol. The lowest BCUT2D eigenvalue weighted by molar-refractivity contribution is 0.0700. The molecule has 1 heterocycles. The van der Waals surface area contributed by atoms with Crippen molar-refractivity contribution in [2.24, 2.45) is 0 Å². The summed E-state index contributed by atoms with van der Waals surface area (Å²) in [5.74, 6) is -1.16. The molecule has 0 amide bonds. The van der Waals surface area contributed by atoms with Gasteiger partial charge in [0.1, 0.15) is 21.5 Å². The van der Waals surface area contributed by atoms with E-state index in [0.29, 0.717) is 22.9 Å². The Labute approximate surface area is 119 Å². The first-order valence-electron chi connectivity index (χ1n) is 6.14. The minimum Gasteiger partial charge on any atom is -0.496 e. The van der Waals surface area contributed by atoms with Crippen molar-refractivity contribution in [1.82, 2.24) is 4.98 Å². The number of nitrogens with zero attached hydrogens (tertiary/aromatic N) is 1. The van der Waals surface area contributed by atoms with Crippen molar-refractivity contribution in [2.75, 3.05) is 7.11 Å². The SMILES string of the molecule is CCCc1nc(-c2c(F)cccc2OC)sc1C(=O)O. The Bertz CT molecular complexity index is 639. The van der Waals surface area contributed by atoms with Crippen LogP contribution in [0.4, 0.5) is 4.39 Å². The van der Waals surface area contributed by atoms with Crippen molar-refractivity contribution >= 4 is 17.3 Å². The van der Waals surface area contributed by atoms with E-state index in [1.165, 1.54) is 19.2 Å². The number of thiazole rings is 1. The molecule has 2 rings (SSSR count). The van der Waals surface area contributed by atoms with Crippen LogP contribution in [0.25, 0.3) is 10.6 Å². The summed E-state index contributed by atoms with van der Waals surface area (Å²) >= 11 is 0.974. The van der Waals surface area contributed by atoms with Crippen LogP contribution in [0.15, 0.2) is 18.2 Å². The van der Waals surface area contributed by atoms with E-state index in [1.54, 1.807) is 6.07 Å². The minimum absolute atomic E-state index is 0.159. The molecular weight excluding hydrogens is 281 g/mol. The van der Waals surface area contributed by atoms with Crippen LogP contribution in [-0.4, -0.2) is 23.2 Å². The number of benzene rings is 1. The summed E-state index contributed by atoms with van der Waals surface area (Å²) in [5, 5.41) is 9.53. The highest BCUT2D eigenvalue weighted by molar-refractivity contribution is 7.17. The predicted octanol–water partition coefficient (Wildman–Crippen LogP) is 3.61. The second-order valence-electron chi connectivity index (χ2n) is 4.17. The first-order chi connectivity index (χ1) is 9.58. The van der Waals surface area contributed by atoms with Crippen LogP contribution < -0.4 is 4.74 Å². The Morgan fingerprint density at radius 2 is 2.25 bits per heavy atom. The Kier molecular flexibility index (Phi) is 4.34. The van der Waals surface area contributed by atoms with Gasteiger partial charge in [0.15, 0.2) is 0 Å². The molecule has 0 atom stereocenters. The van der Waals surface area contributed by atoms with Gasteiger partial charge < -0.3 is 9.84 Å². The van der Waals surface area contributed by atoms with Crippen molar-refractivity contribution in [3.63, 3.8) is 0 Å².